The molecule has 0 aliphatic carbocycles. The molecule has 2 aromatic rings. The van der Waals surface area contributed by atoms with Crippen molar-refractivity contribution in [2.75, 3.05) is 13.2 Å². The van der Waals surface area contributed by atoms with Crippen LogP contribution in [-0.2, 0) is 4.74 Å². The number of hydrogen-bond acceptors (Lipinski definition) is 5. The number of carbonyl (C=O) groups excluding carboxylic acids is 1. The number of aromatic nitrogens is 2. The number of ether oxygens (including phenoxy) is 1. The van der Waals surface area contributed by atoms with E-state index >= 15 is 0 Å². The van der Waals surface area contributed by atoms with E-state index in [-0.39, 0.29) is 23.6 Å². The molecule has 0 bridgehead atoms. The van der Waals surface area contributed by atoms with Gasteiger partial charge in [-0.1, -0.05) is 0 Å². The van der Waals surface area contributed by atoms with Crippen LogP contribution in [0.4, 0.5) is 0 Å². The molecule has 1 N–H and O–H groups in total. The number of aryl methyl sites for hydroxylation is 1. The average Bonchev–Trinajstić information content (AvgIpc) is 3.10. The van der Waals surface area contributed by atoms with Crippen molar-refractivity contribution >= 4 is 33.2 Å². The molecule has 22 heavy (non-hydrogen) atoms. The third-order valence-electron chi connectivity index (χ3n) is 3.43. The second kappa shape index (κ2) is 6.31. The molecule has 2 aromatic heterocycles. The number of rotatable bonds is 3. The molecular formula is C14H14BrN3O3S. The minimum absolute atomic E-state index is 0.170. The van der Waals surface area contributed by atoms with Gasteiger partial charge in [0.15, 0.2) is 0 Å². The number of thiophene rings is 1. The standard InChI is InChI=1S/C14H14BrN3O3S/c1-8-2-3-13(19)18(17-8)11-6-21-5-10(11)16-14(20)12-4-9(15)7-22-12/h2-4,7,10-11H,5-6H2,1H3,(H,16,20). The van der Waals surface area contributed by atoms with Gasteiger partial charge in [0, 0.05) is 15.9 Å². The van der Waals surface area contributed by atoms with Crippen LogP contribution >= 0.6 is 27.3 Å². The summed E-state index contributed by atoms with van der Waals surface area (Å²) in [5.74, 6) is -0.170. The number of nitrogens with one attached hydrogen (secondary N) is 1. The lowest BCUT2D eigenvalue weighted by atomic mass is 10.1. The summed E-state index contributed by atoms with van der Waals surface area (Å²) in [5.41, 5.74) is 0.554. The molecule has 0 aromatic carbocycles. The maximum absolute atomic E-state index is 12.3. The lowest BCUT2D eigenvalue weighted by Gasteiger charge is -2.20. The van der Waals surface area contributed by atoms with Crippen LogP contribution in [0, 0.1) is 6.92 Å². The van der Waals surface area contributed by atoms with Crippen molar-refractivity contribution in [1.29, 1.82) is 0 Å². The van der Waals surface area contributed by atoms with Gasteiger partial charge in [0.1, 0.15) is 6.04 Å². The first kappa shape index (κ1) is 15.4. The highest BCUT2D eigenvalue weighted by Gasteiger charge is 2.33. The molecule has 1 aliphatic rings. The summed E-state index contributed by atoms with van der Waals surface area (Å²) in [6.07, 6.45) is 0. The van der Waals surface area contributed by atoms with E-state index in [9.17, 15) is 9.59 Å². The fraction of sp³-hybridized carbons (Fsp3) is 0.357. The second-order valence-corrected chi connectivity index (χ2v) is 6.90. The van der Waals surface area contributed by atoms with E-state index < -0.39 is 0 Å². The van der Waals surface area contributed by atoms with Crippen LogP contribution in [0.3, 0.4) is 0 Å². The molecule has 6 nitrogen and oxygen atoms in total. The Morgan fingerprint density at radius 3 is 3.05 bits per heavy atom. The maximum atomic E-state index is 12.3. The molecule has 3 rings (SSSR count). The molecule has 0 saturated carbocycles. The zero-order valence-corrected chi connectivity index (χ0v) is 14.2. The van der Waals surface area contributed by atoms with Gasteiger partial charge >= 0.3 is 0 Å². The van der Waals surface area contributed by atoms with Crippen molar-refractivity contribution in [3.8, 4) is 0 Å². The zero-order chi connectivity index (χ0) is 15.7. The first-order valence-corrected chi connectivity index (χ1v) is 8.41. The van der Waals surface area contributed by atoms with E-state index in [1.807, 2.05) is 12.3 Å². The summed E-state index contributed by atoms with van der Waals surface area (Å²) in [5, 5.41) is 9.04. The summed E-state index contributed by atoms with van der Waals surface area (Å²) >= 11 is 4.69. The molecule has 2 unspecified atom stereocenters. The Morgan fingerprint density at radius 2 is 2.32 bits per heavy atom. The lowest BCUT2D eigenvalue weighted by Crippen LogP contribution is -2.43. The third kappa shape index (κ3) is 3.13. The first-order valence-electron chi connectivity index (χ1n) is 6.74. The van der Waals surface area contributed by atoms with Gasteiger partial charge in [0.05, 0.1) is 29.8 Å². The number of nitrogens with zero attached hydrogens (tertiary/aromatic N) is 2. The van der Waals surface area contributed by atoms with Crippen molar-refractivity contribution in [3.05, 3.63) is 49.0 Å². The first-order chi connectivity index (χ1) is 10.5. The highest BCUT2D eigenvalue weighted by Crippen LogP contribution is 2.22. The van der Waals surface area contributed by atoms with Crippen LogP contribution in [0.2, 0.25) is 0 Å². The van der Waals surface area contributed by atoms with Crippen LogP contribution in [0.25, 0.3) is 0 Å². The van der Waals surface area contributed by atoms with Crippen molar-refractivity contribution in [3.63, 3.8) is 0 Å². The number of carbonyl (C=O) groups is 1. The van der Waals surface area contributed by atoms with Crippen LogP contribution in [-0.4, -0.2) is 34.9 Å². The minimum Gasteiger partial charge on any atom is -0.377 e. The Labute approximate surface area is 139 Å². The van der Waals surface area contributed by atoms with E-state index in [2.05, 4.69) is 26.3 Å². The minimum atomic E-state index is -0.292. The largest absolute Gasteiger partial charge is 0.377 e. The van der Waals surface area contributed by atoms with Gasteiger partial charge in [-0.05, 0) is 35.0 Å². The molecule has 0 spiro atoms. The molecule has 3 heterocycles. The van der Waals surface area contributed by atoms with Crippen LogP contribution in [0.1, 0.15) is 21.4 Å². The summed E-state index contributed by atoms with van der Waals surface area (Å²) in [6.45, 7) is 2.54. The number of amides is 1. The van der Waals surface area contributed by atoms with Gasteiger partial charge in [-0.15, -0.1) is 11.3 Å². The fourth-order valence-electron chi connectivity index (χ4n) is 2.35. The maximum Gasteiger partial charge on any atom is 0.267 e. The zero-order valence-electron chi connectivity index (χ0n) is 11.8. The van der Waals surface area contributed by atoms with Crippen molar-refractivity contribution in [2.45, 2.75) is 19.0 Å². The van der Waals surface area contributed by atoms with E-state index in [0.717, 1.165) is 10.2 Å². The number of halogens is 1. The Balaban J connectivity index is 1.80. The highest BCUT2D eigenvalue weighted by molar-refractivity contribution is 9.10. The third-order valence-corrected chi connectivity index (χ3v) is 5.12. The van der Waals surface area contributed by atoms with Gasteiger partial charge in [-0.3, -0.25) is 9.59 Å². The highest BCUT2D eigenvalue weighted by atomic mass is 79.9. The van der Waals surface area contributed by atoms with Crippen LogP contribution in [0.15, 0.2) is 32.8 Å². The summed E-state index contributed by atoms with van der Waals surface area (Å²) in [6, 6.07) is 4.35. The molecule has 1 fully saturated rings. The van der Waals surface area contributed by atoms with E-state index in [4.69, 9.17) is 4.74 Å². The topological polar surface area (TPSA) is 73.2 Å². The molecular weight excluding hydrogens is 370 g/mol. The van der Waals surface area contributed by atoms with Gasteiger partial charge in [0.25, 0.3) is 11.5 Å². The quantitative estimate of drug-likeness (QED) is 0.875. The van der Waals surface area contributed by atoms with Crippen molar-refractivity contribution < 1.29 is 9.53 Å². The van der Waals surface area contributed by atoms with E-state index in [1.165, 1.54) is 22.1 Å². The Kier molecular flexibility index (Phi) is 4.42. The molecule has 8 heteroatoms. The molecule has 116 valence electrons. The van der Waals surface area contributed by atoms with Gasteiger partial charge in [-0.25, -0.2) is 4.68 Å². The average molecular weight is 384 g/mol. The SMILES string of the molecule is Cc1ccc(=O)n(C2COCC2NC(=O)c2cc(Br)cs2)n1. The predicted octanol–water partition coefficient (Wildman–Crippen LogP) is 1.75. The lowest BCUT2D eigenvalue weighted by molar-refractivity contribution is 0.0928. The summed E-state index contributed by atoms with van der Waals surface area (Å²) in [4.78, 5) is 24.9. The van der Waals surface area contributed by atoms with Crippen molar-refractivity contribution in [1.82, 2.24) is 15.1 Å². The predicted molar refractivity (Wildman–Crippen MR) is 86.4 cm³/mol. The monoisotopic (exact) mass is 383 g/mol. The van der Waals surface area contributed by atoms with E-state index in [0.29, 0.717) is 18.1 Å². The summed E-state index contributed by atoms with van der Waals surface area (Å²) in [7, 11) is 0. The van der Waals surface area contributed by atoms with Gasteiger partial charge in [0.2, 0.25) is 0 Å². The summed E-state index contributed by atoms with van der Waals surface area (Å²) < 4.78 is 7.71. The van der Waals surface area contributed by atoms with Gasteiger partial charge in [-0.2, -0.15) is 5.10 Å². The van der Waals surface area contributed by atoms with Crippen LogP contribution in [0.5, 0.6) is 0 Å². The molecule has 1 amide bonds. The Bertz CT molecular complexity index is 758. The second-order valence-electron chi connectivity index (χ2n) is 5.07. The van der Waals surface area contributed by atoms with E-state index in [1.54, 1.807) is 12.1 Å². The fourth-order valence-corrected chi connectivity index (χ4v) is 3.68. The Hall–Kier alpha value is -1.51. The number of hydrogen-bond donors (Lipinski definition) is 1. The van der Waals surface area contributed by atoms with Crippen LogP contribution < -0.4 is 10.9 Å². The van der Waals surface area contributed by atoms with Gasteiger partial charge < -0.3 is 10.1 Å². The molecule has 1 saturated heterocycles. The van der Waals surface area contributed by atoms with Crippen molar-refractivity contribution in [2.24, 2.45) is 0 Å². The molecule has 1 aliphatic heterocycles. The smallest absolute Gasteiger partial charge is 0.267 e. The normalized spacial score (nSPS) is 21.0. The Morgan fingerprint density at radius 1 is 1.50 bits per heavy atom. The molecule has 2 atom stereocenters. The molecule has 0 radical (unpaired) electrons.